The van der Waals surface area contributed by atoms with E-state index < -0.39 is 0 Å². The Bertz CT molecular complexity index is 3190. The maximum absolute atomic E-state index is 5.04. The summed E-state index contributed by atoms with van der Waals surface area (Å²) in [6.07, 6.45) is 15.4. The van der Waals surface area contributed by atoms with Gasteiger partial charge in [-0.3, -0.25) is 4.90 Å². The van der Waals surface area contributed by atoms with Crippen molar-refractivity contribution in [2.75, 3.05) is 4.90 Å². The van der Waals surface area contributed by atoms with Crippen LogP contribution >= 0.6 is 0 Å². The van der Waals surface area contributed by atoms with Crippen molar-refractivity contribution in [2.45, 2.75) is 50.4 Å². The maximum Gasteiger partial charge on any atom is 0.137 e. The van der Waals surface area contributed by atoms with Gasteiger partial charge in [-0.15, -0.1) is 0 Å². The molecule has 1 heterocycles. The van der Waals surface area contributed by atoms with Gasteiger partial charge in [0.25, 0.3) is 0 Å². The normalized spacial score (nSPS) is 15.4. The number of fused-ring (bicyclic) bond motifs is 10. The lowest BCUT2D eigenvalue weighted by Crippen LogP contribution is -2.29. The van der Waals surface area contributed by atoms with Gasteiger partial charge in [0, 0.05) is 23.0 Å². The summed E-state index contributed by atoms with van der Waals surface area (Å²) in [7, 11) is 0. The second-order valence-electron chi connectivity index (χ2n) is 17.2. The summed E-state index contributed by atoms with van der Waals surface area (Å²) in [4.78, 5) is 7.44. The van der Waals surface area contributed by atoms with E-state index in [1.807, 2.05) is 12.3 Å². The molecule has 0 aliphatic heterocycles. The highest BCUT2D eigenvalue weighted by atomic mass is 15.2. The van der Waals surface area contributed by atoms with E-state index >= 15 is 0 Å². The zero-order valence-corrected chi connectivity index (χ0v) is 34.3. The lowest BCUT2D eigenvalue weighted by molar-refractivity contribution is 0.350. The van der Waals surface area contributed by atoms with Gasteiger partial charge in [0.15, 0.2) is 0 Å². The molecule has 3 aliphatic carbocycles. The molecular weight excluding hydrogens is 737 g/mol. The van der Waals surface area contributed by atoms with E-state index in [1.165, 1.54) is 115 Å². The van der Waals surface area contributed by atoms with Crippen LogP contribution in [0.4, 0.5) is 17.2 Å². The molecular formula is C59H46N2. The Morgan fingerprint density at radius 3 is 1.85 bits per heavy atom. The zero-order valence-electron chi connectivity index (χ0n) is 34.3. The number of pyridine rings is 1. The predicted octanol–water partition coefficient (Wildman–Crippen LogP) is 16.3. The number of nitrogens with zero attached hydrogens (tertiary/aromatic N) is 2. The van der Waals surface area contributed by atoms with Crippen LogP contribution in [0, 0.1) is 0 Å². The van der Waals surface area contributed by atoms with E-state index in [9.17, 15) is 0 Å². The summed E-state index contributed by atoms with van der Waals surface area (Å²) in [5, 5.41) is 7.53. The van der Waals surface area contributed by atoms with Crippen LogP contribution in [0.1, 0.15) is 56.1 Å². The molecule has 1 spiro atoms. The molecule has 0 bridgehead atoms. The van der Waals surface area contributed by atoms with Crippen LogP contribution in [0.3, 0.4) is 0 Å². The molecule has 0 radical (unpaired) electrons. The monoisotopic (exact) mass is 782 g/mol. The Labute approximate surface area is 358 Å². The zero-order chi connectivity index (χ0) is 40.3. The standard InChI is InChI=1S/C59H46N2/c1-5-19-40(20-6-1)50-39-51(41-21-7-2-8-22-41)57-48-27-12-11-25-45(48)52-37-43(31-33-49(52)58(57)56(50)42-23-9-3-10-24-42)61(55-29-15-18-36-60-55)44-30-32-47-46-26-13-14-28-53(46)59(54(47)38-44)34-16-4-17-35-59/h1-3,5-12,14-15,18-25,27-33,36-39H,4,13,16-17,26,34-35H2. The highest BCUT2D eigenvalue weighted by Crippen LogP contribution is 2.58. The lowest BCUT2D eigenvalue weighted by Gasteiger charge is -2.38. The summed E-state index contributed by atoms with van der Waals surface area (Å²) in [6, 6.07) is 65.2. The van der Waals surface area contributed by atoms with Gasteiger partial charge < -0.3 is 0 Å². The molecule has 3 aliphatic rings. The molecule has 0 N–H and O–H groups in total. The summed E-state index contributed by atoms with van der Waals surface area (Å²) in [5.74, 6) is 0.919. The van der Waals surface area contributed by atoms with Crippen molar-refractivity contribution in [3.05, 3.63) is 211 Å². The number of benzene rings is 8. The first-order valence-corrected chi connectivity index (χ1v) is 22.1. The van der Waals surface area contributed by atoms with Crippen molar-refractivity contribution in [3.8, 4) is 33.4 Å². The molecule has 2 nitrogen and oxygen atoms in total. The summed E-state index contributed by atoms with van der Waals surface area (Å²) in [6.45, 7) is 0. The first kappa shape index (κ1) is 35.9. The van der Waals surface area contributed by atoms with E-state index in [-0.39, 0.29) is 5.41 Å². The largest absolute Gasteiger partial charge is 0.295 e. The Morgan fingerprint density at radius 1 is 0.475 bits per heavy atom. The Balaban J connectivity index is 1.16. The minimum Gasteiger partial charge on any atom is -0.295 e. The number of aromatic nitrogens is 1. The molecule has 0 unspecified atom stereocenters. The third kappa shape index (κ3) is 5.73. The van der Waals surface area contributed by atoms with Crippen LogP contribution < -0.4 is 4.90 Å². The molecule has 1 fully saturated rings. The van der Waals surface area contributed by atoms with Gasteiger partial charge in [-0.2, -0.15) is 0 Å². The lowest BCUT2D eigenvalue weighted by atomic mass is 9.66. The highest BCUT2D eigenvalue weighted by molar-refractivity contribution is 6.33. The smallest absolute Gasteiger partial charge is 0.137 e. The highest BCUT2D eigenvalue weighted by Gasteiger charge is 2.45. The van der Waals surface area contributed by atoms with Crippen LogP contribution in [-0.4, -0.2) is 4.98 Å². The third-order valence-corrected chi connectivity index (χ3v) is 14.0. The molecule has 1 saturated carbocycles. The summed E-state index contributed by atoms with van der Waals surface area (Å²) in [5.41, 5.74) is 15.9. The molecule has 0 saturated heterocycles. The van der Waals surface area contributed by atoms with Crippen LogP contribution in [0.15, 0.2) is 200 Å². The minimum absolute atomic E-state index is 0.102. The van der Waals surface area contributed by atoms with Gasteiger partial charge in [-0.1, -0.05) is 165 Å². The number of anilines is 3. The number of allylic oxidation sites excluding steroid dienone is 4. The van der Waals surface area contributed by atoms with Crippen molar-refractivity contribution in [1.82, 2.24) is 4.98 Å². The number of rotatable bonds is 6. The van der Waals surface area contributed by atoms with Gasteiger partial charge in [-0.25, -0.2) is 4.98 Å². The minimum atomic E-state index is 0.102. The quantitative estimate of drug-likeness (QED) is 0.156. The van der Waals surface area contributed by atoms with E-state index in [0.29, 0.717) is 0 Å². The van der Waals surface area contributed by atoms with Crippen LogP contribution in [-0.2, 0) is 5.41 Å². The molecule has 2 heteroatoms. The molecule has 61 heavy (non-hydrogen) atoms. The molecule has 0 atom stereocenters. The molecule has 8 aromatic carbocycles. The van der Waals surface area contributed by atoms with Gasteiger partial charge in [0.2, 0.25) is 0 Å². The van der Waals surface area contributed by atoms with Crippen molar-refractivity contribution < 1.29 is 0 Å². The maximum atomic E-state index is 5.04. The van der Waals surface area contributed by atoms with Gasteiger partial charge >= 0.3 is 0 Å². The average molecular weight is 783 g/mol. The topological polar surface area (TPSA) is 16.1 Å². The Kier molecular flexibility index (Phi) is 8.59. The fourth-order valence-corrected chi connectivity index (χ4v) is 11.3. The molecule has 9 aromatic rings. The fraction of sp³-hybridized carbons (Fsp3) is 0.136. The van der Waals surface area contributed by atoms with Gasteiger partial charge in [0.1, 0.15) is 5.82 Å². The van der Waals surface area contributed by atoms with E-state index in [4.69, 9.17) is 4.98 Å². The summed E-state index contributed by atoms with van der Waals surface area (Å²) < 4.78 is 0. The molecule has 292 valence electrons. The SMILES string of the molecule is C1=CC2=C(CC1)c1ccc(N(c3ccc4c(c3)c3ccccc3c3c(-c5ccccc5)cc(-c5ccccc5)c(-c5ccccc5)c43)c3ccccn3)cc1C21CCCCC1. The fourth-order valence-electron chi connectivity index (χ4n) is 11.3. The Hall–Kier alpha value is -7.03. The van der Waals surface area contributed by atoms with Crippen LogP contribution in [0.2, 0.25) is 0 Å². The second-order valence-corrected chi connectivity index (χ2v) is 17.2. The second kappa shape index (κ2) is 14.6. The van der Waals surface area contributed by atoms with Gasteiger partial charge in [0.05, 0.1) is 0 Å². The van der Waals surface area contributed by atoms with Crippen molar-refractivity contribution in [1.29, 1.82) is 0 Å². The van der Waals surface area contributed by atoms with Crippen LogP contribution in [0.5, 0.6) is 0 Å². The van der Waals surface area contributed by atoms with Gasteiger partial charge in [-0.05, 0) is 156 Å². The van der Waals surface area contributed by atoms with E-state index in [0.717, 1.165) is 24.3 Å². The molecule has 0 amide bonds. The Morgan fingerprint density at radius 2 is 1.11 bits per heavy atom. The first-order valence-electron chi connectivity index (χ1n) is 22.1. The number of hydrogen-bond donors (Lipinski definition) is 0. The third-order valence-electron chi connectivity index (χ3n) is 14.0. The molecule has 1 aromatic heterocycles. The van der Waals surface area contributed by atoms with Crippen molar-refractivity contribution in [2.24, 2.45) is 0 Å². The van der Waals surface area contributed by atoms with E-state index in [2.05, 4.69) is 187 Å². The average Bonchev–Trinajstić information content (AvgIpc) is 3.60. The predicted molar refractivity (Wildman–Crippen MR) is 258 cm³/mol. The number of hydrogen-bond acceptors (Lipinski definition) is 2. The summed E-state index contributed by atoms with van der Waals surface area (Å²) >= 11 is 0. The van der Waals surface area contributed by atoms with Crippen LogP contribution in [0.25, 0.3) is 71.3 Å². The van der Waals surface area contributed by atoms with Crippen molar-refractivity contribution in [3.63, 3.8) is 0 Å². The van der Waals surface area contributed by atoms with E-state index in [1.54, 1.807) is 11.1 Å². The van der Waals surface area contributed by atoms with Crippen molar-refractivity contribution >= 4 is 55.1 Å². The first-order chi connectivity index (χ1) is 30.3. The molecule has 12 rings (SSSR count).